The molecule has 1 aromatic carbocycles. The molecule has 1 fully saturated rings. The predicted octanol–water partition coefficient (Wildman–Crippen LogP) is 4.40. The van der Waals surface area contributed by atoms with Gasteiger partial charge < -0.3 is 4.52 Å². The van der Waals surface area contributed by atoms with E-state index in [0.29, 0.717) is 38.4 Å². The molecule has 0 spiro atoms. The Morgan fingerprint density at radius 3 is 2.74 bits per heavy atom. The summed E-state index contributed by atoms with van der Waals surface area (Å²) in [5.74, 6) is 0.843. The van der Waals surface area contributed by atoms with Crippen molar-refractivity contribution in [2.24, 2.45) is 0 Å². The van der Waals surface area contributed by atoms with E-state index in [1.807, 2.05) is 0 Å². The van der Waals surface area contributed by atoms with Crippen molar-refractivity contribution in [3.8, 4) is 0 Å². The second kappa shape index (κ2) is 4.66. The molecule has 19 heavy (non-hydrogen) atoms. The summed E-state index contributed by atoms with van der Waals surface area (Å²) in [5.41, 5.74) is 1.65. The fraction of sp³-hybridized carbons (Fsp3) is 0.286. The van der Waals surface area contributed by atoms with Gasteiger partial charge >= 0.3 is 0 Å². The standard InChI is InChI=1S/C14H11Cl2NO2/c1-7-11(15)5-4-9(12(7)16)13(18)10-6-17-19-14(10)8-2-3-8/h4-6,8H,2-3H2,1H3. The molecule has 1 aliphatic rings. The molecule has 1 saturated carbocycles. The Hall–Kier alpha value is -1.32. The SMILES string of the molecule is Cc1c(Cl)ccc(C(=O)c2cnoc2C2CC2)c1Cl. The maximum Gasteiger partial charge on any atom is 0.199 e. The number of benzene rings is 1. The molecule has 5 heteroatoms. The molecule has 0 bridgehead atoms. The van der Waals surface area contributed by atoms with Crippen LogP contribution in [-0.2, 0) is 0 Å². The topological polar surface area (TPSA) is 43.1 Å². The van der Waals surface area contributed by atoms with Crippen molar-refractivity contribution >= 4 is 29.0 Å². The average Bonchev–Trinajstić information content (AvgIpc) is 3.13. The largest absolute Gasteiger partial charge is 0.360 e. The van der Waals surface area contributed by atoms with Gasteiger partial charge in [0.25, 0.3) is 0 Å². The van der Waals surface area contributed by atoms with Gasteiger partial charge in [0.05, 0.1) is 16.8 Å². The molecule has 1 aliphatic carbocycles. The van der Waals surface area contributed by atoms with E-state index in [1.165, 1.54) is 6.20 Å². The van der Waals surface area contributed by atoms with Crippen LogP contribution in [0.15, 0.2) is 22.9 Å². The maximum atomic E-state index is 12.5. The molecule has 0 atom stereocenters. The highest BCUT2D eigenvalue weighted by atomic mass is 35.5. The van der Waals surface area contributed by atoms with E-state index in [9.17, 15) is 4.79 Å². The van der Waals surface area contributed by atoms with Gasteiger partial charge in [-0.1, -0.05) is 28.4 Å². The number of nitrogens with zero attached hydrogens (tertiary/aromatic N) is 1. The lowest BCUT2D eigenvalue weighted by Crippen LogP contribution is -2.04. The second-order valence-electron chi connectivity index (χ2n) is 4.74. The molecule has 98 valence electrons. The first-order valence-corrected chi connectivity index (χ1v) is 6.79. The van der Waals surface area contributed by atoms with E-state index in [2.05, 4.69) is 5.16 Å². The maximum absolute atomic E-state index is 12.5. The van der Waals surface area contributed by atoms with Gasteiger partial charge in [0.2, 0.25) is 0 Å². The van der Waals surface area contributed by atoms with Crippen molar-refractivity contribution in [2.45, 2.75) is 25.7 Å². The normalized spacial score (nSPS) is 14.7. The third-order valence-electron chi connectivity index (χ3n) is 3.36. The smallest absolute Gasteiger partial charge is 0.199 e. The van der Waals surface area contributed by atoms with Crippen molar-refractivity contribution in [2.75, 3.05) is 0 Å². The number of hydrogen-bond acceptors (Lipinski definition) is 3. The Morgan fingerprint density at radius 1 is 1.32 bits per heavy atom. The highest BCUT2D eigenvalue weighted by molar-refractivity contribution is 6.38. The molecular weight excluding hydrogens is 285 g/mol. The number of carbonyl (C=O) groups excluding carboxylic acids is 1. The molecule has 2 aromatic rings. The van der Waals surface area contributed by atoms with E-state index in [0.717, 1.165) is 12.8 Å². The number of halogens is 2. The van der Waals surface area contributed by atoms with Gasteiger partial charge in [-0.25, -0.2) is 0 Å². The van der Waals surface area contributed by atoms with Gasteiger partial charge in [-0.3, -0.25) is 4.79 Å². The third-order valence-corrected chi connectivity index (χ3v) is 4.25. The van der Waals surface area contributed by atoms with E-state index in [4.69, 9.17) is 27.7 Å². The molecule has 1 aromatic heterocycles. The minimum Gasteiger partial charge on any atom is -0.360 e. The highest BCUT2D eigenvalue weighted by Gasteiger charge is 2.33. The van der Waals surface area contributed by atoms with Gasteiger partial charge in [0.1, 0.15) is 0 Å². The van der Waals surface area contributed by atoms with Crippen LogP contribution >= 0.6 is 23.2 Å². The third kappa shape index (κ3) is 2.17. The minimum atomic E-state index is -0.159. The number of hydrogen-bond donors (Lipinski definition) is 0. The molecule has 0 unspecified atom stereocenters. The summed E-state index contributed by atoms with van der Waals surface area (Å²) in [4.78, 5) is 12.5. The van der Waals surface area contributed by atoms with Crippen LogP contribution in [-0.4, -0.2) is 10.9 Å². The fourth-order valence-electron chi connectivity index (χ4n) is 2.04. The summed E-state index contributed by atoms with van der Waals surface area (Å²) < 4.78 is 5.19. The van der Waals surface area contributed by atoms with Crippen LogP contribution in [0.2, 0.25) is 10.0 Å². The number of carbonyl (C=O) groups is 1. The summed E-state index contributed by atoms with van der Waals surface area (Å²) in [6, 6.07) is 3.32. The quantitative estimate of drug-likeness (QED) is 0.788. The van der Waals surface area contributed by atoms with Crippen molar-refractivity contribution in [1.29, 1.82) is 0 Å². The van der Waals surface area contributed by atoms with Gasteiger partial charge in [0.15, 0.2) is 11.5 Å². The summed E-state index contributed by atoms with van der Waals surface area (Å²) in [6.07, 6.45) is 3.56. The minimum absolute atomic E-state index is 0.159. The Bertz CT molecular complexity index is 659. The van der Waals surface area contributed by atoms with Gasteiger partial charge in [0, 0.05) is 16.5 Å². The molecule has 0 radical (unpaired) electrons. The molecule has 3 rings (SSSR count). The predicted molar refractivity (Wildman–Crippen MR) is 73.1 cm³/mol. The summed E-state index contributed by atoms with van der Waals surface area (Å²) in [5, 5.41) is 4.67. The van der Waals surface area contributed by atoms with Crippen LogP contribution in [0.4, 0.5) is 0 Å². The van der Waals surface area contributed by atoms with E-state index < -0.39 is 0 Å². The van der Waals surface area contributed by atoms with E-state index in [1.54, 1.807) is 19.1 Å². The molecule has 0 saturated heterocycles. The highest BCUT2D eigenvalue weighted by Crippen LogP contribution is 2.42. The molecule has 1 heterocycles. The first kappa shape index (κ1) is 12.7. The average molecular weight is 296 g/mol. The summed E-state index contributed by atoms with van der Waals surface area (Å²) in [7, 11) is 0. The van der Waals surface area contributed by atoms with Crippen molar-refractivity contribution < 1.29 is 9.32 Å². The van der Waals surface area contributed by atoms with Gasteiger partial charge in [-0.2, -0.15) is 0 Å². The Balaban J connectivity index is 2.04. The van der Waals surface area contributed by atoms with Crippen molar-refractivity contribution in [1.82, 2.24) is 5.16 Å². The Morgan fingerprint density at radius 2 is 2.05 bits per heavy atom. The molecule has 0 N–H and O–H groups in total. The van der Waals surface area contributed by atoms with Crippen LogP contribution < -0.4 is 0 Å². The van der Waals surface area contributed by atoms with Crippen LogP contribution in [0.25, 0.3) is 0 Å². The van der Waals surface area contributed by atoms with Crippen LogP contribution in [0.1, 0.15) is 46.0 Å². The van der Waals surface area contributed by atoms with Crippen molar-refractivity contribution in [3.05, 3.63) is 50.8 Å². The lowest BCUT2D eigenvalue weighted by Gasteiger charge is -2.07. The molecule has 0 aliphatic heterocycles. The monoisotopic (exact) mass is 295 g/mol. The van der Waals surface area contributed by atoms with Crippen LogP contribution in [0.3, 0.4) is 0 Å². The molecule has 0 amide bonds. The van der Waals surface area contributed by atoms with Crippen molar-refractivity contribution in [3.63, 3.8) is 0 Å². The Kier molecular flexibility index (Phi) is 3.11. The molecular formula is C14H11Cl2NO2. The lowest BCUT2D eigenvalue weighted by molar-refractivity contribution is 0.103. The van der Waals surface area contributed by atoms with Crippen LogP contribution in [0, 0.1) is 6.92 Å². The summed E-state index contributed by atoms with van der Waals surface area (Å²) in [6.45, 7) is 1.79. The number of rotatable bonds is 3. The molecule has 3 nitrogen and oxygen atoms in total. The zero-order valence-corrected chi connectivity index (χ0v) is 11.8. The van der Waals surface area contributed by atoms with Crippen LogP contribution in [0.5, 0.6) is 0 Å². The second-order valence-corrected chi connectivity index (χ2v) is 5.53. The lowest BCUT2D eigenvalue weighted by atomic mass is 10.0. The van der Waals surface area contributed by atoms with E-state index >= 15 is 0 Å². The summed E-state index contributed by atoms with van der Waals surface area (Å²) >= 11 is 12.2. The number of aromatic nitrogens is 1. The van der Waals surface area contributed by atoms with E-state index in [-0.39, 0.29) is 5.78 Å². The first-order chi connectivity index (χ1) is 9.09. The Labute approximate surface area is 120 Å². The zero-order chi connectivity index (χ0) is 13.6. The zero-order valence-electron chi connectivity index (χ0n) is 10.2. The fourth-order valence-corrected chi connectivity index (χ4v) is 2.50. The van der Waals surface area contributed by atoms with Gasteiger partial charge in [-0.05, 0) is 37.5 Å². The van der Waals surface area contributed by atoms with Gasteiger partial charge in [-0.15, -0.1) is 0 Å². The number of ketones is 1. The first-order valence-electron chi connectivity index (χ1n) is 6.03.